The second-order valence-electron chi connectivity index (χ2n) is 9.27. The zero-order valence-electron chi connectivity index (χ0n) is 19.1. The Bertz CT molecular complexity index is 1330. The average molecular weight is 471 g/mol. The van der Waals surface area contributed by atoms with Gasteiger partial charge < -0.3 is 14.4 Å². The van der Waals surface area contributed by atoms with Gasteiger partial charge >= 0.3 is 0 Å². The molecule has 1 aromatic carbocycles. The van der Waals surface area contributed by atoms with Gasteiger partial charge in [0.2, 0.25) is 10.0 Å². The summed E-state index contributed by atoms with van der Waals surface area (Å²) in [6.45, 7) is 5.22. The van der Waals surface area contributed by atoms with Gasteiger partial charge in [0.1, 0.15) is 11.4 Å². The third-order valence-corrected chi connectivity index (χ3v) is 8.45. The number of aromatic amines is 1. The topological polar surface area (TPSA) is 108 Å². The Morgan fingerprint density at radius 1 is 1.06 bits per heavy atom. The largest absolute Gasteiger partial charge is 0.367 e. The van der Waals surface area contributed by atoms with E-state index < -0.39 is 10.0 Å². The number of piperidine rings is 1. The molecule has 3 aromatic rings. The van der Waals surface area contributed by atoms with Gasteiger partial charge in [-0.2, -0.15) is 0 Å². The minimum atomic E-state index is -3.81. The van der Waals surface area contributed by atoms with E-state index in [1.807, 2.05) is 13.0 Å². The minimum Gasteiger partial charge on any atom is -0.367 e. The molecule has 1 aliphatic heterocycles. The van der Waals surface area contributed by atoms with Crippen LogP contribution in [0, 0.1) is 13.8 Å². The molecule has 33 heavy (non-hydrogen) atoms. The standard InChI is InChI=1S/C24H30N4O4S/c1-15-23(16(2)32-26-15)17-12-20-19(14-21(24(29)25-20)28-10-6-3-7-11-28)22(13-17)33(30,31)27-18-8-4-5-9-18/h12-14,18,27H,3-11H2,1-2H3,(H,25,29). The molecule has 9 heteroatoms. The zero-order valence-corrected chi connectivity index (χ0v) is 19.9. The molecule has 0 amide bonds. The van der Waals surface area contributed by atoms with Gasteiger partial charge in [-0.1, -0.05) is 18.0 Å². The first-order valence-electron chi connectivity index (χ1n) is 11.7. The maximum absolute atomic E-state index is 13.6. The fourth-order valence-corrected chi connectivity index (χ4v) is 6.77. The molecule has 2 aliphatic rings. The van der Waals surface area contributed by atoms with Crippen molar-refractivity contribution in [3.8, 4) is 11.1 Å². The van der Waals surface area contributed by atoms with Crippen LogP contribution in [0.5, 0.6) is 0 Å². The summed E-state index contributed by atoms with van der Waals surface area (Å²) in [4.78, 5) is 18.2. The highest BCUT2D eigenvalue weighted by molar-refractivity contribution is 7.89. The third kappa shape index (κ3) is 4.19. The van der Waals surface area contributed by atoms with Gasteiger partial charge in [0.25, 0.3) is 5.56 Å². The molecule has 0 radical (unpaired) electrons. The van der Waals surface area contributed by atoms with Crippen LogP contribution in [-0.4, -0.2) is 37.7 Å². The highest BCUT2D eigenvalue weighted by Gasteiger charge is 2.27. The summed E-state index contributed by atoms with van der Waals surface area (Å²) in [5.74, 6) is 0.603. The van der Waals surface area contributed by atoms with Gasteiger partial charge in [-0.3, -0.25) is 4.79 Å². The van der Waals surface area contributed by atoms with Crippen LogP contribution in [0.4, 0.5) is 5.69 Å². The first kappa shape index (κ1) is 22.2. The van der Waals surface area contributed by atoms with Crippen LogP contribution < -0.4 is 15.2 Å². The van der Waals surface area contributed by atoms with Crippen molar-refractivity contribution in [1.29, 1.82) is 0 Å². The Balaban J connectivity index is 1.72. The average Bonchev–Trinajstić information content (AvgIpc) is 3.41. The van der Waals surface area contributed by atoms with E-state index in [1.165, 1.54) is 0 Å². The zero-order chi connectivity index (χ0) is 23.2. The van der Waals surface area contributed by atoms with E-state index in [0.717, 1.165) is 63.6 Å². The number of pyridine rings is 1. The molecule has 2 N–H and O–H groups in total. The lowest BCUT2D eigenvalue weighted by Gasteiger charge is -2.28. The van der Waals surface area contributed by atoms with E-state index in [0.29, 0.717) is 33.6 Å². The van der Waals surface area contributed by atoms with Crippen molar-refractivity contribution in [3.05, 3.63) is 40.0 Å². The molecule has 0 bridgehead atoms. The fourth-order valence-electron chi connectivity index (χ4n) is 5.23. The van der Waals surface area contributed by atoms with Crippen LogP contribution in [0.2, 0.25) is 0 Å². The number of anilines is 1. The number of H-pyrrole nitrogens is 1. The van der Waals surface area contributed by atoms with E-state index in [2.05, 4.69) is 19.8 Å². The van der Waals surface area contributed by atoms with Crippen molar-refractivity contribution in [2.45, 2.75) is 69.7 Å². The van der Waals surface area contributed by atoms with Crippen molar-refractivity contribution in [2.75, 3.05) is 18.0 Å². The van der Waals surface area contributed by atoms with E-state index in [-0.39, 0.29) is 16.5 Å². The lowest BCUT2D eigenvalue weighted by molar-refractivity contribution is 0.393. The van der Waals surface area contributed by atoms with Gasteiger partial charge in [-0.15, -0.1) is 0 Å². The maximum Gasteiger partial charge on any atom is 0.271 e. The molecule has 0 atom stereocenters. The molecule has 2 aromatic heterocycles. The van der Waals surface area contributed by atoms with Crippen LogP contribution in [0.1, 0.15) is 56.4 Å². The number of hydrogen-bond donors (Lipinski definition) is 2. The van der Waals surface area contributed by atoms with Crippen molar-refractivity contribution in [1.82, 2.24) is 14.9 Å². The van der Waals surface area contributed by atoms with Gasteiger partial charge in [0.15, 0.2) is 0 Å². The Labute approximate surface area is 193 Å². The number of sulfonamides is 1. The van der Waals surface area contributed by atoms with Crippen LogP contribution in [0.15, 0.2) is 32.4 Å². The maximum atomic E-state index is 13.6. The Hall–Kier alpha value is -2.65. The molecular weight excluding hydrogens is 440 g/mol. The van der Waals surface area contributed by atoms with Crippen molar-refractivity contribution < 1.29 is 12.9 Å². The summed E-state index contributed by atoms with van der Waals surface area (Å²) in [7, 11) is -3.81. The minimum absolute atomic E-state index is 0.0582. The summed E-state index contributed by atoms with van der Waals surface area (Å²) in [5, 5.41) is 4.55. The fraction of sp³-hybridized carbons (Fsp3) is 0.500. The molecule has 0 spiro atoms. The quantitative estimate of drug-likeness (QED) is 0.583. The number of aromatic nitrogens is 2. The molecule has 3 heterocycles. The van der Waals surface area contributed by atoms with Gasteiger partial charge in [0, 0.05) is 30.1 Å². The Morgan fingerprint density at radius 2 is 1.79 bits per heavy atom. The Kier molecular flexibility index (Phi) is 5.78. The molecule has 1 saturated carbocycles. The number of benzene rings is 1. The molecule has 8 nitrogen and oxygen atoms in total. The van der Waals surface area contributed by atoms with E-state index in [4.69, 9.17) is 4.52 Å². The smallest absolute Gasteiger partial charge is 0.271 e. The summed E-state index contributed by atoms with van der Waals surface area (Å²) in [6.07, 6.45) is 6.94. The SMILES string of the molecule is Cc1noc(C)c1-c1cc(S(=O)(=O)NC2CCCC2)c2cc(N3CCCCC3)c(=O)[nH]c2c1. The predicted molar refractivity (Wildman–Crippen MR) is 128 cm³/mol. The van der Waals surface area contributed by atoms with Crippen molar-refractivity contribution in [2.24, 2.45) is 0 Å². The van der Waals surface area contributed by atoms with Crippen molar-refractivity contribution >= 4 is 26.6 Å². The second-order valence-corrected chi connectivity index (χ2v) is 11.0. The number of aryl methyl sites for hydroxylation is 2. The monoisotopic (exact) mass is 470 g/mol. The molecule has 1 aliphatic carbocycles. The molecular formula is C24H30N4O4S. The van der Waals surface area contributed by atoms with Crippen LogP contribution in [0.3, 0.4) is 0 Å². The van der Waals surface area contributed by atoms with Gasteiger partial charge in [-0.05, 0) is 69.7 Å². The van der Waals surface area contributed by atoms with Crippen LogP contribution in [0.25, 0.3) is 22.0 Å². The van der Waals surface area contributed by atoms with Gasteiger partial charge in [0.05, 0.1) is 16.1 Å². The van der Waals surface area contributed by atoms with E-state index >= 15 is 0 Å². The third-order valence-electron chi connectivity index (χ3n) is 6.89. The van der Waals surface area contributed by atoms with Crippen molar-refractivity contribution in [3.63, 3.8) is 0 Å². The molecule has 1 saturated heterocycles. The normalized spacial score (nSPS) is 17.8. The van der Waals surface area contributed by atoms with Gasteiger partial charge in [-0.25, -0.2) is 13.1 Å². The first-order chi connectivity index (χ1) is 15.8. The van der Waals surface area contributed by atoms with Crippen LogP contribution >= 0.6 is 0 Å². The lowest BCUT2D eigenvalue weighted by Crippen LogP contribution is -2.34. The summed E-state index contributed by atoms with van der Waals surface area (Å²) >= 11 is 0. The molecule has 0 unspecified atom stereocenters. The lowest BCUT2D eigenvalue weighted by atomic mass is 10.0. The second kappa shape index (κ2) is 8.61. The summed E-state index contributed by atoms with van der Waals surface area (Å²) < 4.78 is 35.5. The number of fused-ring (bicyclic) bond motifs is 1. The number of nitrogens with one attached hydrogen (secondary N) is 2. The highest BCUT2D eigenvalue weighted by Crippen LogP contribution is 2.34. The molecule has 176 valence electrons. The number of hydrogen-bond acceptors (Lipinski definition) is 6. The Morgan fingerprint density at radius 3 is 2.45 bits per heavy atom. The van der Waals surface area contributed by atoms with E-state index in [9.17, 15) is 13.2 Å². The summed E-state index contributed by atoms with van der Waals surface area (Å²) in [6, 6.07) is 5.19. The number of rotatable bonds is 5. The first-order valence-corrected chi connectivity index (χ1v) is 13.2. The predicted octanol–water partition coefficient (Wildman–Crippen LogP) is 4.01. The molecule has 2 fully saturated rings. The highest BCUT2D eigenvalue weighted by atomic mass is 32.2. The molecule has 5 rings (SSSR count). The van der Waals surface area contributed by atoms with E-state index in [1.54, 1.807) is 19.1 Å². The summed E-state index contributed by atoms with van der Waals surface area (Å²) in [5.41, 5.74) is 2.90. The number of nitrogens with zero attached hydrogens (tertiary/aromatic N) is 2. The van der Waals surface area contributed by atoms with Crippen LogP contribution in [-0.2, 0) is 10.0 Å².